The second-order valence-electron chi connectivity index (χ2n) is 7.73. The lowest BCUT2D eigenvalue weighted by Gasteiger charge is -2.33. The molecule has 0 radical (unpaired) electrons. The van der Waals surface area contributed by atoms with Crippen LogP contribution in [0.25, 0.3) is 11.0 Å². The van der Waals surface area contributed by atoms with E-state index in [-0.39, 0.29) is 43.0 Å². The van der Waals surface area contributed by atoms with Crippen LogP contribution in [0.1, 0.15) is 37.4 Å². The summed E-state index contributed by atoms with van der Waals surface area (Å²) in [6, 6.07) is 2.29. The van der Waals surface area contributed by atoms with E-state index in [0.717, 1.165) is 4.90 Å². The quantitative estimate of drug-likeness (QED) is 0.448. The Labute approximate surface area is 192 Å². The number of carbonyl (C=O) groups is 2. The van der Waals surface area contributed by atoms with Crippen LogP contribution in [0, 0.1) is 0 Å². The van der Waals surface area contributed by atoms with Gasteiger partial charge in [0.1, 0.15) is 12.1 Å². The maximum absolute atomic E-state index is 13.2. The number of nitrogens with zero attached hydrogens (tertiary/aromatic N) is 5. The first-order valence-electron chi connectivity index (χ1n) is 10.8. The fourth-order valence-electron chi connectivity index (χ4n) is 3.85. The molecule has 1 aromatic carbocycles. The molecule has 0 aliphatic carbocycles. The van der Waals surface area contributed by atoms with Gasteiger partial charge >= 0.3 is 12.2 Å². The lowest BCUT2D eigenvalue weighted by Crippen LogP contribution is -2.53. The number of urea groups is 1. The molecule has 9 nitrogen and oxygen atoms in total. The van der Waals surface area contributed by atoms with Crippen molar-refractivity contribution < 1.29 is 32.0 Å². The molecule has 0 unspecified atom stereocenters. The van der Waals surface area contributed by atoms with Crippen LogP contribution in [-0.2, 0) is 17.4 Å². The average molecular weight is 477 g/mol. The van der Waals surface area contributed by atoms with Gasteiger partial charge in [0, 0.05) is 25.1 Å². The van der Waals surface area contributed by atoms with E-state index in [1.165, 1.54) is 35.8 Å². The van der Waals surface area contributed by atoms with Crippen molar-refractivity contribution in [3.63, 3.8) is 0 Å². The van der Waals surface area contributed by atoms with Crippen molar-refractivity contribution in [2.24, 2.45) is 0 Å². The smallest absolute Gasteiger partial charge is 0.437 e. The molecule has 0 N–H and O–H groups in total. The summed E-state index contributed by atoms with van der Waals surface area (Å²) in [5.41, 5.74) is -0.0110. The van der Waals surface area contributed by atoms with Crippen molar-refractivity contribution in [3.05, 3.63) is 42.1 Å². The van der Waals surface area contributed by atoms with Gasteiger partial charge in [-0.2, -0.15) is 13.2 Å². The number of imide groups is 1. The van der Waals surface area contributed by atoms with Gasteiger partial charge in [0.25, 0.3) is 0 Å². The van der Waals surface area contributed by atoms with Crippen LogP contribution < -0.4 is 9.64 Å². The Morgan fingerprint density at radius 1 is 1.18 bits per heavy atom. The number of aryl methyl sites for hydroxylation is 1. The van der Waals surface area contributed by atoms with Gasteiger partial charge in [-0.05, 0) is 25.0 Å². The zero-order chi connectivity index (χ0) is 24.3. The van der Waals surface area contributed by atoms with Crippen LogP contribution in [0.4, 0.5) is 23.7 Å². The van der Waals surface area contributed by atoms with Gasteiger partial charge < -0.3 is 9.26 Å². The molecule has 12 heteroatoms. The van der Waals surface area contributed by atoms with Crippen LogP contribution in [0.15, 0.2) is 35.4 Å². The van der Waals surface area contributed by atoms with Gasteiger partial charge in [0.15, 0.2) is 11.3 Å². The zero-order valence-electron chi connectivity index (χ0n) is 18.3. The number of rotatable bonds is 8. The second kappa shape index (κ2) is 9.65. The highest BCUT2D eigenvalue weighted by molar-refractivity contribution is 6.05. The average Bonchev–Trinajstić information content (AvgIpc) is 3.25. The van der Waals surface area contributed by atoms with Gasteiger partial charge in [-0.3, -0.25) is 14.6 Å². The minimum Gasteiger partial charge on any atom is -0.493 e. The molecule has 0 bridgehead atoms. The molecule has 1 aliphatic rings. The van der Waals surface area contributed by atoms with Crippen LogP contribution >= 0.6 is 0 Å². The van der Waals surface area contributed by atoms with Gasteiger partial charge in [0.2, 0.25) is 5.91 Å². The number of fused-ring (bicyclic) bond motifs is 1. The Bertz CT molecular complexity index is 1180. The fourth-order valence-corrected chi connectivity index (χ4v) is 3.85. The minimum atomic E-state index is -4.62. The molecule has 3 heterocycles. The number of hydrogen-bond acceptors (Lipinski definition) is 7. The van der Waals surface area contributed by atoms with Gasteiger partial charge in [-0.15, -0.1) is 0 Å². The second-order valence-corrected chi connectivity index (χ2v) is 7.73. The predicted molar refractivity (Wildman–Crippen MR) is 114 cm³/mol. The number of ether oxygens (including phenoxy) is 1. The molecule has 1 aliphatic heterocycles. The molecule has 180 valence electrons. The third-order valence-corrected chi connectivity index (χ3v) is 5.42. The lowest BCUT2D eigenvalue weighted by molar-refractivity contribution is -0.141. The summed E-state index contributed by atoms with van der Waals surface area (Å²) in [4.78, 5) is 35.5. The van der Waals surface area contributed by atoms with E-state index in [0.29, 0.717) is 36.3 Å². The van der Waals surface area contributed by atoms with E-state index in [1.807, 2.05) is 6.92 Å². The Hall–Kier alpha value is -3.70. The normalized spacial score (nSPS) is 14.8. The molecule has 0 spiro atoms. The molecule has 4 rings (SSSR count). The molecule has 34 heavy (non-hydrogen) atoms. The van der Waals surface area contributed by atoms with E-state index >= 15 is 0 Å². The molecule has 0 atom stereocenters. The van der Waals surface area contributed by atoms with Crippen molar-refractivity contribution >= 4 is 28.6 Å². The number of halogens is 3. The highest BCUT2D eigenvalue weighted by atomic mass is 19.4. The third kappa shape index (κ3) is 4.66. The Kier molecular flexibility index (Phi) is 6.66. The summed E-state index contributed by atoms with van der Waals surface area (Å²) in [5.74, 6) is 0.103. The van der Waals surface area contributed by atoms with E-state index < -0.39 is 17.9 Å². The highest BCUT2D eigenvalue weighted by Gasteiger charge is 2.38. The van der Waals surface area contributed by atoms with Crippen molar-refractivity contribution in [1.29, 1.82) is 0 Å². The first-order valence-corrected chi connectivity index (χ1v) is 10.8. The van der Waals surface area contributed by atoms with Crippen molar-refractivity contribution in [3.8, 4) is 5.75 Å². The lowest BCUT2D eigenvalue weighted by atomic mass is 10.0. The van der Waals surface area contributed by atoms with Crippen molar-refractivity contribution in [1.82, 2.24) is 20.0 Å². The van der Waals surface area contributed by atoms with Gasteiger partial charge in [-0.25, -0.2) is 14.8 Å². The van der Waals surface area contributed by atoms with E-state index in [1.54, 1.807) is 0 Å². The van der Waals surface area contributed by atoms with Crippen LogP contribution in [0.3, 0.4) is 0 Å². The summed E-state index contributed by atoms with van der Waals surface area (Å²) in [5, 5.41) is 3.09. The number of anilines is 1. The summed E-state index contributed by atoms with van der Waals surface area (Å²) in [7, 11) is 0. The summed E-state index contributed by atoms with van der Waals surface area (Å²) >= 11 is 0. The SMILES string of the molecule is CCCc1c(OCCCN2C(=O)CCN(c3cncnc3)C2=O)ccc2c(C(F)(F)F)noc12. The van der Waals surface area contributed by atoms with Crippen LogP contribution in [-0.4, -0.2) is 51.7 Å². The molecular formula is C22H22F3N5O4. The minimum absolute atomic E-state index is 0.0498. The van der Waals surface area contributed by atoms with Gasteiger partial charge in [-0.1, -0.05) is 18.5 Å². The van der Waals surface area contributed by atoms with Crippen LogP contribution in [0.2, 0.25) is 0 Å². The molecule has 1 saturated heterocycles. The molecule has 2 aromatic heterocycles. The number of alkyl halides is 3. The molecule has 3 amide bonds. The van der Waals surface area contributed by atoms with Gasteiger partial charge in [0.05, 0.1) is 30.1 Å². The van der Waals surface area contributed by atoms with E-state index in [4.69, 9.17) is 9.26 Å². The Balaban J connectivity index is 1.43. The first-order chi connectivity index (χ1) is 16.3. The highest BCUT2D eigenvalue weighted by Crippen LogP contribution is 2.38. The fraction of sp³-hybridized carbons (Fsp3) is 0.409. The molecule has 1 fully saturated rings. The Morgan fingerprint density at radius 2 is 1.94 bits per heavy atom. The standard InChI is InChI=1S/C22H22F3N5O4/c1-2-4-15-17(6-5-16-19(15)34-28-20(16)22(23,24)25)33-10-3-8-30-18(31)7-9-29(21(30)32)14-11-26-13-27-12-14/h5-6,11-13H,2-4,7-10H2,1H3. The predicted octanol–water partition coefficient (Wildman–Crippen LogP) is 4.22. The largest absolute Gasteiger partial charge is 0.493 e. The van der Waals surface area contributed by atoms with Crippen molar-refractivity contribution in [2.45, 2.75) is 38.8 Å². The Morgan fingerprint density at radius 3 is 2.65 bits per heavy atom. The zero-order valence-corrected chi connectivity index (χ0v) is 18.3. The number of carbonyl (C=O) groups excluding carboxylic acids is 2. The van der Waals surface area contributed by atoms with E-state index in [2.05, 4.69) is 15.1 Å². The first kappa shape index (κ1) is 23.5. The summed E-state index contributed by atoms with van der Waals surface area (Å²) in [6.07, 6.45) is 1.34. The number of aromatic nitrogens is 3. The summed E-state index contributed by atoms with van der Waals surface area (Å²) < 4.78 is 50.3. The monoisotopic (exact) mass is 477 g/mol. The van der Waals surface area contributed by atoms with Crippen LogP contribution in [0.5, 0.6) is 5.75 Å². The molecular weight excluding hydrogens is 455 g/mol. The molecule has 3 aromatic rings. The maximum Gasteiger partial charge on any atom is 0.437 e. The number of hydrogen-bond donors (Lipinski definition) is 0. The molecule has 0 saturated carbocycles. The van der Waals surface area contributed by atoms with E-state index in [9.17, 15) is 22.8 Å². The maximum atomic E-state index is 13.2. The third-order valence-electron chi connectivity index (χ3n) is 5.42. The summed E-state index contributed by atoms with van der Waals surface area (Å²) in [6.45, 7) is 2.41. The topological polar surface area (TPSA) is 102 Å². The number of benzene rings is 1. The van der Waals surface area contributed by atoms with Crippen molar-refractivity contribution in [2.75, 3.05) is 24.6 Å². The number of amides is 3.